The molecule has 1 amide bonds. The van der Waals surface area contributed by atoms with E-state index >= 15 is 0 Å². The number of amidine groups is 1. The Balaban J connectivity index is 1.84. The number of carboxylic acid groups (broad SMARTS) is 1. The van der Waals surface area contributed by atoms with Gasteiger partial charge in [-0.3, -0.25) is 9.69 Å². The van der Waals surface area contributed by atoms with Crippen LogP contribution in [0.1, 0.15) is 17.5 Å². The van der Waals surface area contributed by atoms with Crippen LogP contribution in [-0.2, 0) is 9.59 Å². The first-order valence-corrected chi connectivity index (χ1v) is 10.1. The van der Waals surface area contributed by atoms with Crippen LogP contribution in [0.5, 0.6) is 11.5 Å². The highest BCUT2D eigenvalue weighted by Crippen LogP contribution is 2.35. The fourth-order valence-corrected chi connectivity index (χ4v) is 3.91. The lowest BCUT2D eigenvalue weighted by molar-refractivity contribution is -0.144. The lowest BCUT2D eigenvalue weighted by Crippen LogP contribution is -2.23. The van der Waals surface area contributed by atoms with Crippen LogP contribution in [0.25, 0.3) is 6.08 Å². The average Bonchev–Trinajstić information content (AvgIpc) is 3.21. The van der Waals surface area contributed by atoms with Gasteiger partial charge in [-0.2, -0.15) is 4.99 Å². The zero-order valence-corrected chi connectivity index (χ0v) is 17.7. The van der Waals surface area contributed by atoms with Crippen molar-refractivity contribution in [1.82, 2.24) is 15.1 Å². The fraction of sp³-hybridized carbons (Fsp3) is 0.278. The van der Waals surface area contributed by atoms with E-state index < -0.39 is 12.1 Å². The number of benzene rings is 1. The van der Waals surface area contributed by atoms with Crippen molar-refractivity contribution < 1.29 is 24.2 Å². The Kier molecular flexibility index (Phi) is 6.18. The van der Waals surface area contributed by atoms with E-state index in [2.05, 4.69) is 15.2 Å². The molecular weight excluding hydrogens is 416 g/mol. The number of aliphatic imine (C=N–C) groups is 1. The summed E-state index contributed by atoms with van der Waals surface area (Å²) in [5.41, 5.74) is 0.703. The van der Waals surface area contributed by atoms with Crippen molar-refractivity contribution >= 4 is 51.4 Å². The van der Waals surface area contributed by atoms with Crippen LogP contribution in [0.4, 0.5) is 5.13 Å². The molecule has 29 heavy (non-hydrogen) atoms. The minimum absolute atomic E-state index is 0.186. The number of carbonyl (C=O) groups is 2. The van der Waals surface area contributed by atoms with Gasteiger partial charge in [-0.25, -0.2) is 4.79 Å². The monoisotopic (exact) mass is 434 g/mol. The highest BCUT2D eigenvalue weighted by atomic mass is 32.2. The number of aromatic nitrogens is 2. The summed E-state index contributed by atoms with van der Waals surface area (Å²) in [5, 5.41) is 18.7. The fourth-order valence-electron chi connectivity index (χ4n) is 2.33. The number of carbonyl (C=O) groups excluding carboxylic acids is 1. The number of nitrogens with zero attached hydrogens (tertiary/aromatic N) is 4. The van der Waals surface area contributed by atoms with E-state index in [1.54, 1.807) is 31.3 Å². The summed E-state index contributed by atoms with van der Waals surface area (Å²) >= 11 is 2.58. The molecule has 1 aliphatic heterocycles. The third-order valence-corrected chi connectivity index (χ3v) is 5.64. The average molecular weight is 434 g/mol. The van der Waals surface area contributed by atoms with Crippen LogP contribution in [0, 0.1) is 6.92 Å². The molecule has 152 valence electrons. The molecule has 1 aliphatic rings. The molecule has 11 heteroatoms. The number of rotatable bonds is 6. The molecule has 1 fully saturated rings. The molecule has 1 atom stereocenters. The van der Waals surface area contributed by atoms with Gasteiger partial charge in [0, 0.05) is 7.05 Å². The second-order valence-electron chi connectivity index (χ2n) is 5.98. The van der Waals surface area contributed by atoms with E-state index in [9.17, 15) is 9.59 Å². The Labute approximate surface area is 175 Å². The Morgan fingerprint density at radius 1 is 1.34 bits per heavy atom. The third kappa shape index (κ3) is 4.74. The third-order valence-electron chi connectivity index (χ3n) is 3.85. The van der Waals surface area contributed by atoms with Gasteiger partial charge in [-0.1, -0.05) is 17.4 Å². The number of thioether (sulfide) groups is 1. The first kappa shape index (κ1) is 20.8. The van der Waals surface area contributed by atoms with E-state index in [-0.39, 0.29) is 5.91 Å². The van der Waals surface area contributed by atoms with E-state index in [0.717, 1.165) is 5.01 Å². The maximum atomic E-state index is 12.6. The molecule has 0 aliphatic carbocycles. The first-order valence-electron chi connectivity index (χ1n) is 8.42. The van der Waals surface area contributed by atoms with Crippen molar-refractivity contribution in [3.63, 3.8) is 0 Å². The van der Waals surface area contributed by atoms with Crippen LogP contribution in [0.2, 0.25) is 0 Å². The van der Waals surface area contributed by atoms with Crippen LogP contribution >= 0.6 is 23.1 Å². The molecule has 1 N–H and O–H groups in total. The van der Waals surface area contributed by atoms with Crippen LogP contribution in [-0.4, -0.2) is 57.5 Å². The van der Waals surface area contributed by atoms with E-state index in [1.807, 2.05) is 6.92 Å². The largest absolute Gasteiger partial charge is 0.493 e. The molecule has 1 saturated heterocycles. The highest BCUT2D eigenvalue weighted by Gasteiger charge is 2.30. The van der Waals surface area contributed by atoms with Crippen LogP contribution in [0.3, 0.4) is 0 Å². The number of aryl methyl sites for hydroxylation is 1. The molecule has 2 heterocycles. The normalized spacial score (nSPS) is 17.8. The van der Waals surface area contributed by atoms with Gasteiger partial charge in [0.1, 0.15) is 5.01 Å². The van der Waals surface area contributed by atoms with Gasteiger partial charge in [0.05, 0.1) is 12.0 Å². The number of amides is 1. The lowest BCUT2D eigenvalue weighted by Gasteiger charge is -2.14. The summed E-state index contributed by atoms with van der Waals surface area (Å²) in [6.45, 7) is 3.27. The molecular formula is C18H18N4O5S2. The van der Waals surface area contributed by atoms with Crippen molar-refractivity contribution in [2.45, 2.75) is 20.0 Å². The van der Waals surface area contributed by atoms with Crippen molar-refractivity contribution in [1.29, 1.82) is 0 Å². The van der Waals surface area contributed by atoms with E-state index in [4.69, 9.17) is 14.6 Å². The van der Waals surface area contributed by atoms with Gasteiger partial charge < -0.3 is 14.6 Å². The molecule has 0 bridgehead atoms. The Morgan fingerprint density at radius 2 is 2.10 bits per heavy atom. The maximum Gasteiger partial charge on any atom is 0.344 e. The van der Waals surface area contributed by atoms with Crippen LogP contribution < -0.4 is 9.47 Å². The summed E-state index contributed by atoms with van der Waals surface area (Å²) < 4.78 is 10.7. The van der Waals surface area contributed by atoms with Gasteiger partial charge in [-0.15, -0.1) is 10.2 Å². The molecule has 0 saturated carbocycles. The zero-order valence-electron chi connectivity index (χ0n) is 16.1. The predicted octanol–water partition coefficient (Wildman–Crippen LogP) is 2.94. The number of hydrogen-bond acceptors (Lipinski definition) is 9. The molecule has 1 aromatic carbocycles. The summed E-state index contributed by atoms with van der Waals surface area (Å²) in [6, 6.07) is 5.00. The summed E-state index contributed by atoms with van der Waals surface area (Å²) in [7, 11) is 3.11. The van der Waals surface area contributed by atoms with Crippen molar-refractivity contribution in [3.8, 4) is 11.5 Å². The van der Waals surface area contributed by atoms with E-state index in [0.29, 0.717) is 32.3 Å². The molecule has 3 rings (SSSR count). The van der Waals surface area contributed by atoms with Crippen molar-refractivity contribution in [3.05, 3.63) is 33.7 Å². The van der Waals surface area contributed by atoms with Gasteiger partial charge in [-0.05, 0) is 49.4 Å². The topological polar surface area (TPSA) is 114 Å². The van der Waals surface area contributed by atoms with Crippen LogP contribution in [0.15, 0.2) is 28.1 Å². The molecule has 9 nitrogen and oxygen atoms in total. The van der Waals surface area contributed by atoms with Crippen molar-refractivity contribution in [2.24, 2.45) is 4.99 Å². The van der Waals surface area contributed by atoms with Gasteiger partial charge >= 0.3 is 5.97 Å². The van der Waals surface area contributed by atoms with E-state index in [1.165, 1.54) is 42.0 Å². The smallest absolute Gasteiger partial charge is 0.344 e. The molecule has 1 aromatic heterocycles. The number of carboxylic acids is 1. The van der Waals surface area contributed by atoms with Gasteiger partial charge in [0.15, 0.2) is 22.8 Å². The zero-order chi connectivity index (χ0) is 21.1. The summed E-state index contributed by atoms with van der Waals surface area (Å²) in [5.74, 6) is -0.587. The molecule has 1 unspecified atom stereocenters. The molecule has 0 spiro atoms. The predicted molar refractivity (Wildman–Crippen MR) is 111 cm³/mol. The van der Waals surface area contributed by atoms with Crippen molar-refractivity contribution in [2.75, 3.05) is 14.2 Å². The Bertz CT molecular complexity index is 1020. The summed E-state index contributed by atoms with van der Waals surface area (Å²) in [4.78, 5) is 29.9. The standard InChI is InChI=1S/C18H18N4O5S2/c1-9(16(24)25)27-12-6-5-11(7-13(12)26-4)8-14-15(23)22(3)18(29-14)19-17-21-20-10(2)28-17/h5-9H,1-4H3,(H,24,25)/b14-8+,19-18+. The minimum Gasteiger partial charge on any atom is -0.493 e. The second kappa shape index (κ2) is 8.62. The van der Waals surface area contributed by atoms with Gasteiger partial charge in [0.25, 0.3) is 5.91 Å². The van der Waals surface area contributed by atoms with Gasteiger partial charge in [0.2, 0.25) is 5.13 Å². The SMILES string of the molecule is COc1cc(/C=C2/S/C(=N/c3nnc(C)s3)N(C)C2=O)ccc1OC(C)C(=O)O. The highest BCUT2D eigenvalue weighted by molar-refractivity contribution is 8.18. The maximum absolute atomic E-state index is 12.6. The molecule has 2 aromatic rings. The number of methoxy groups -OCH3 is 1. The number of aliphatic carboxylic acids is 1. The number of ether oxygens (including phenoxy) is 2. The number of hydrogen-bond donors (Lipinski definition) is 1. The Morgan fingerprint density at radius 3 is 2.72 bits per heavy atom. The minimum atomic E-state index is -1.08. The summed E-state index contributed by atoms with van der Waals surface area (Å²) in [6.07, 6.45) is 0.695. The lowest BCUT2D eigenvalue weighted by atomic mass is 10.2. The molecule has 0 radical (unpaired) electrons. The second-order valence-corrected chi connectivity index (χ2v) is 8.15. The first-order chi connectivity index (χ1) is 13.8. The quantitative estimate of drug-likeness (QED) is 0.690. The number of likely N-dealkylation sites (N-methyl/N-ethyl adjacent to an activating group) is 1. The Hall–Kier alpha value is -2.92.